The van der Waals surface area contributed by atoms with E-state index < -0.39 is 0 Å². The molecule has 84 valence electrons. The van der Waals surface area contributed by atoms with Crippen LogP contribution >= 0.6 is 0 Å². The summed E-state index contributed by atoms with van der Waals surface area (Å²) in [6, 6.07) is 7.79. The fourth-order valence-corrected chi connectivity index (χ4v) is 1.68. The van der Waals surface area contributed by atoms with Crippen molar-refractivity contribution in [1.82, 2.24) is 4.57 Å². The van der Waals surface area contributed by atoms with E-state index in [1.165, 1.54) is 6.92 Å². The van der Waals surface area contributed by atoms with Gasteiger partial charge in [0.15, 0.2) is 0 Å². The van der Waals surface area contributed by atoms with E-state index in [-0.39, 0.29) is 5.97 Å². The number of nitrogens with zero attached hydrogens (tertiary/aromatic N) is 1. The zero-order valence-electron chi connectivity index (χ0n) is 9.14. The van der Waals surface area contributed by atoms with Gasteiger partial charge in [0.05, 0.1) is 12.1 Å². The predicted octanol–water partition coefficient (Wildman–Crippen LogP) is 1.79. The van der Waals surface area contributed by atoms with Crippen molar-refractivity contribution in [3.05, 3.63) is 30.5 Å². The van der Waals surface area contributed by atoms with E-state index in [1.54, 1.807) is 0 Å². The summed E-state index contributed by atoms with van der Waals surface area (Å²) >= 11 is 0. The fourth-order valence-electron chi connectivity index (χ4n) is 1.68. The summed E-state index contributed by atoms with van der Waals surface area (Å²) in [7, 11) is 0. The molecule has 0 spiro atoms. The molecule has 1 aromatic carbocycles. The highest BCUT2D eigenvalue weighted by atomic mass is 16.5. The highest BCUT2D eigenvalue weighted by Gasteiger charge is 2.01. The molecule has 2 N–H and O–H groups in total. The molecule has 2 aromatic rings. The number of hydrogen-bond donors (Lipinski definition) is 1. The minimum Gasteiger partial charge on any atom is -0.464 e. The summed E-state index contributed by atoms with van der Waals surface area (Å²) < 4.78 is 6.93. The van der Waals surface area contributed by atoms with Gasteiger partial charge in [-0.2, -0.15) is 0 Å². The minimum atomic E-state index is -0.254. The van der Waals surface area contributed by atoms with Crippen molar-refractivity contribution in [1.29, 1.82) is 0 Å². The Morgan fingerprint density at radius 2 is 2.25 bits per heavy atom. The Balaban J connectivity index is 2.17. The maximum absolute atomic E-state index is 10.6. The van der Waals surface area contributed by atoms with Gasteiger partial charge in [0.2, 0.25) is 0 Å². The van der Waals surface area contributed by atoms with E-state index in [1.807, 2.05) is 35.0 Å². The summed E-state index contributed by atoms with van der Waals surface area (Å²) in [5.74, 6) is -0.254. The van der Waals surface area contributed by atoms with Gasteiger partial charge in [-0.25, -0.2) is 0 Å². The van der Waals surface area contributed by atoms with Gasteiger partial charge in [-0.1, -0.05) is 6.07 Å². The normalized spacial score (nSPS) is 10.6. The molecule has 0 aliphatic heterocycles. The van der Waals surface area contributed by atoms with Crippen LogP contribution in [-0.4, -0.2) is 17.1 Å². The Kier molecular flexibility index (Phi) is 2.81. The standard InChI is InChI=1S/C12H14N2O2/c1-9(15)16-7-6-14-5-4-10-2-3-11(13)8-12(10)14/h2-5,8H,6-7,13H2,1H3. The second-order valence-electron chi connectivity index (χ2n) is 3.67. The molecule has 0 radical (unpaired) electrons. The largest absolute Gasteiger partial charge is 0.464 e. The molecule has 0 atom stereocenters. The van der Waals surface area contributed by atoms with Crippen LogP contribution in [0.15, 0.2) is 30.5 Å². The Hall–Kier alpha value is -1.97. The molecule has 0 aliphatic carbocycles. The Morgan fingerprint density at radius 1 is 1.44 bits per heavy atom. The van der Waals surface area contributed by atoms with Crippen molar-refractivity contribution in [2.45, 2.75) is 13.5 Å². The highest BCUT2D eigenvalue weighted by molar-refractivity contribution is 5.83. The molecular formula is C12H14N2O2. The molecule has 4 heteroatoms. The lowest BCUT2D eigenvalue weighted by Crippen LogP contribution is -2.07. The second-order valence-corrected chi connectivity index (χ2v) is 3.67. The molecular weight excluding hydrogens is 204 g/mol. The first-order chi connectivity index (χ1) is 7.66. The van der Waals surface area contributed by atoms with Gasteiger partial charge in [0, 0.05) is 18.8 Å². The van der Waals surface area contributed by atoms with Crippen molar-refractivity contribution in [2.24, 2.45) is 0 Å². The quantitative estimate of drug-likeness (QED) is 0.631. The third-order valence-corrected chi connectivity index (χ3v) is 2.44. The van der Waals surface area contributed by atoms with E-state index in [0.717, 1.165) is 16.6 Å². The molecule has 0 fully saturated rings. The third-order valence-electron chi connectivity index (χ3n) is 2.44. The van der Waals surface area contributed by atoms with Gasteiger partial charge >= 0.3 is 5.97 Å². The number of hydrogen-bond acceptors (Lipinski definition) is 3. The van der Waals surface area contributed by atoms with Gasteiger partial charge in [0.25, 0.3) is 0 Å². The van der Waals surface area contributed by atoms with Crippen LogP contribution in [0.5, 0.6) is 0 Å². The summed E-state index contributed by atoms with van der Waals surface area (Å²) in [5.41, 5.74) is 7.53. The first-order valence-electron chi connectivity index (χ1n) is 5.14. The Labute approximate surface area is 93.6 Å². The van der Waals surface area contributed by atoms with Gasteiger partial charge in [0.1, 0.15) is 6.61 Å². The Bertz CT molecular complexity index is 517. The maximum atomic E-state index is 10.6. The molecule has 16 heavy (non-hydrogen) atoms. The molecule has 0 saturated carbocycles. The van der Waals surface area contributed by atoms with E-state index in [0.29, 0.717) is 13.2 Å². The van der Waals surface area contributed by atoms with Crippen LogP contribution in [0.2, 0.25) is 0 Å². The number of rotatable bonds is 3. The van der Waals surface area contributed by atoms with Crippen molar-refractivity contribution < 1.29 is 9.53 Å². The molecule has 0 bridgehead atoms. The van der Waals surface area contributed by atoms with Crippen LogP contribution in [0.25, 0.3) is 10.9 Å². The number of ether oxygens (including phenoxy) is 1. The van der Waals surface area contributed by atoms with Gasteiger partial charge < -0.3 is 15.0 Å². The lowest BCUT2D eigenvalue weighted by atomic mass is 10.2. The van der Waals surface area contributed by atoms with Crippen LogP contribution in [0.1, 0.15) is 6.92 Å². The summed E-state index contributed by atoms with van der Waals surface area (Å²) in [6.45, 7) is 2.44. The minimum absolute atomic E-state index is 0.254. The molecule has 2 rings (SSSR count). The summed E-state index contributed by atoms with van der Waals surface area (Å²) in [6.07, 6.45) is 1.97. The van der Waals surface area contributed by atoms with E-state index in [9.17, 15) is 4.79 Å². The van der Waals surface area contributed by atoms with Crippen molar-refractivity contribution in [3.8, 4) is 0 Å². The molecule has 0 saturated heterocycles. The monoisotopic (exact) mass is 218 g/mol. The highest BCUT2D eigenvalue weighted by Crippen LogP contribution is 2.18. The van der Waals surface area contributed by atoms with Crippen molar-refractivity contribution in [3.63, 3.8) is 0 Å². The number of carbonyl (C=O) groups is 1. The number of aromatic nitrogens is 1. The lowest BCUT2D eigenvalue weighted by Gasteiger charge is -2.06. The smallest absolute Gasteiger partial charge is 0.302 e. The van der Waals surface area contributed by atoms with Crippen molar-refractivity contribution in [2.75, 3.05) is 12.3 Å². The predicted molar refractivity (Wildman–Crippen MR) is 63.0 cm³/mol. The van der Waals surface area contributed by atoms with Crippen LogP contribution < -0.4 is 5.73 Å². The zero-order chi connectivity index (χ0) is 11.5. The maximum Gasteiger partial charge on any atom is 0.302 e. The van der Waals surface area contributed by atoms with Gasteiger partial charge in [-0.05, 0) is 23.6 Å². The molecule has 0 aliphatic rings. The number of esters is 1. The van der Waals surface area contributed by atoms with E-state index >= 15 is 0 Å². The second kappa shape index (κ2) is 4.26. The van der Waals surface area contributed by atoms with Crippen molar-refractivity contribution >= 4 is 22.6 Å². The average Bonchev–Trinajstić information content (AvgIpc) is 2.60. The molecule has 0 amide bonds. The van der Waals surface area contributed by atoms with E-state index in [4.69, 9.17) is 10.5 Å². The van der Waals surface area contributed by atoms with Crippen LogP contribution in [0, 0.1) is 0 Å². The molecule has 4 nitrogen and oxygen atoms in total. The number of anilines is 1. The van der Waals surface area contributed by atoms with Gasteiger partial charge in [-0.15, -0.1) is 0 Å². The molecule has 1 heterocycles. The SMILES string of the molecule is CC(=O)OCCn1ccc2ccc(N)cc21. The number of carbonyl (C=O) groups excluding carboxylic acids is 1. The average molecular weight is 218 g/mol. The van der Waals surface area contributed by atoms with Crippen LogP contribution in [0.3, 0.4) is 0 Å². The Morgan fingerprint density at radius 3 is 3.00 bits per heavy atom. The lowest BCUT2D eigenvalue weighted by molar-refractivity contribution is -0.141. The number of benzene rings is 1. The topological polar surface area (TPSA) is 57.2 Å². The van der Waals surface area contributed by atoms with Crippen LogP contribution in [0.4, 0.5) is 5.69 Å². The number of fused-ring (bicyclic) bond motifs is 1. The summed E-state index contributed by atoms with van der Waals surface area (Å²) in [4.78, 5) is 10.6. The summed E-state index contributed by atoms with van der Waals surface area (Å²) in [5, 5.41) is 1.14. The third kappa shape index (κ3) is 2.16. The molecule has 0 unspecified atom stereocenters. The number of nitrogens with two attached hydrogens (primary N) is 1. The van der Waals surface area contributed by atoms with E-state index in [2.05, 4.69) is 0 Å². The molecule has 1 aromatic heterocycles. The van der Waals surface area contributed by atoms with Gasteiger partial charge in [-0.3, -0.25) is 4.79 Å². The zero-order valence-corrected chi connectivity index (χ0v) is 9.14. The number of nitrogen functional groups attached to an aromatic ring is 1. The fraction of sp³-hybridized carbons (Fsp3) is 0.250. The van der Waals surface area contributed by atoms with Crippen LogP contribution in [-0.2, 0) is 16.1 Å². The first-order valence-corrected chi connectivity index (χ1v) is 5.14. The first kappa shape index (κ1) is 10.5.